The number of carbonyl (C=O) groups is 2. The first-order chi connectivity index (χ1) is 24.2. The fourth-order valence-corrected chi connectivity index (χ4v) is 5.26. The summed E-state index contributed by atoms with van der Waals surface area (Å²) in [5, 5.41) is 39.7. The summed E-state index contributed by atoms with van der Waals surface area (Å²) in [5.41, 5.74) is 0. The minimum absolute atomic E-state index is 0.00167. The number of aliphatic hydroxyl groups is 4. The molecule has 0 saturated heterocycles. The van der Waals surface area contributed by atoms with Gasteiger partial charge in [0.2, 0.25) is 0 Å². The summed E-state index contributed by atoms with van der Waals surface area (Å²) in [4.78, 5) is 24.3. The van der Waals surface area contributed by atoms with Crippen LogP contribution in [0.2, 0.25) is 0 Å². The molecule has 4 atom stereocenters. The van der Waals surface area contributed by atoms with E-state index < -0.39 is 37.0 Å². The van der Waals surface area contributed by atoms with Crippen LogP contribution in [0, 0.1) is 5.92 Å². The van der Waals surface area contributed by atoms with E-state index in [-0.39, 0.29) is 31.8 Å². The predicted molar refractivity (Wildman–Crippen MR) is 204 cm³/mol. The highest BCUT2D eigenvalue weighted by atomic mass is 16.6. The molecule has 0 aliphatic carbocycles. The van der Waals surface area contributed by atoms with Gasteiger partial charge in [0, 0.05) is 12.8 Å². The molecule has 288 valence electrons. The molecule has 0 aromatic carbocycles. The van der Waals surface area contributed by atoms with Crippen molar-refractivity contribution in [2.75, 3.05) is 13.2 Å². The summed E-state index contributed by atoms with van der Waals surface area (Å²) >= 11 is 0. The molecule has 0 fully saturated rings. The molecule has 0 amide bonds. The van der Waals surface area contributed by atoms with Gasteiger partial charge in [-0.1, -0.05) is 165 Å². The van der Waals surface area contributed by atoms with Gasteiger partial charge in [0.05, 0.1) is 24.9 Å². The highest BCUT2D eigenvalue weighted by molar-refractivity contribution is 5.70. The Morgan fingerprint density at radius 2 is 1.14 bits per heavy atom. The van der Waals surface area contributed by atoms with E-state index in [1.165, 1.54) is 76.7 Å². The maximum absolute atomic E-state index is 12.2. The van der Waals surface area contributed by atoms with E-state index in [2.05, 4.69) is 13.8 Å². The summed E-state index contributed by atoms with van der Waals surface area (Å²) in [6.45, 7) is 5.99. The molecule has 0 radical (unpaired) electrons. The zero-order valence-corrected chi connectivity index (χ0v) is 31.6. The Labute approximate surface area is 304 Å². The molecule has 0 rings (SSSR count). The largest absolute Gasteiger partial charge is 0.462 e. The van der Waals surface area contributed by atoms with Crippen LogP contribution in [0.4, 0.5) is 0 Å². The van der Waals surface area contributed by atoms with Gasteiger partial charge in [0.15, 0.2) is 6.10 Å². The van der Waals surface area contributed by atoms with Crippen molar-refractivity contribution in [2.45, 2.75) is 174 Å². The molecule has 0 aromatic heterocycles. The third-order valence-corrected chi connectivity index (χ3v) is 8.35. The monoisotopic (exact) mass is 705 g/mol. The van der Waals surface area contributed by atoms with Gasteiger partial charge >= 0.3 is 11.9 Å². The van der Waals surface area contributed by atoms with Gasteiger partial charge < -0.3 is 29.9 Å². The van der Waals surface area contributed by atoms with Crippen LogP contribution in [0.3, 0.4) is 0 Å². The molecule has 4 N–H and O–H groups in total. The molecule has 0 aromatic rings. The first kappa shape index (κ1) is 47.5. The van der Waals surface area contributed by atoms with Crippen LogP contribution in [0.15, 0.2) is 60.8 Å². The molecule has 0 unspecified atom stereocenters. The van der Waals surface area contributed by atoms with Crippen LogP contribution in [0.1, 0.15) is 149 Å². The SMILES string of the molecule is CC/C=C\C[C@H](O)/C=C/C=C/C=C\C=C/[C@@H](O)[C@H](O)CCCC(=O)O[C@@H](CO)COC(=O)CCCCCCCCCCCCCCCC(C)C. The fourth-order valence-electron chi connectivity index (χ4n) is 5.26. The van der Waals surface area contributed by atoms with Gasteiger partial charge in [-0.3, -0.25) is 9.59 Å². The number of hydrogen-bond donors (Lipinski definition) is 4. The molecular formula is C42H72O8. The van der Waals surface area contributed by atoms with Crippen LogP contribution in [-0.4, -0.2) is 70.0 Å². The van der Waals surface area contributed by atoms with Crippen molar-refractivity contribution in [1.29, 1.82) is 0 Å². The molecule has 8 heteroatoms. The van der Waals surface area contributed by atoms with Gasteiger partial charge in [-0.05, 0) is 38.0 Å². The summed E-state index contributed by atoms with van der Waals surface area (Å²) in [7, 11) is 0. The first-order valence-electron chi connectivity index (χ1n) is 19.5. The summed E-state index contributed by atoms with van der Waals surface area (Å²) < 4.78 is 10.4. The van der Waals surface area contributed by atoms with E-state index in [0.29, 0.717) is 12.8 Å². The van der Waals surface area contributed by atoms with Crippen molar-refractivity contribution in [2.24, 2.45) is 5.92 Å². The van der Waals surface area contributed by atoms with Crippen molar-refractivity contribution in [3.05, 3.63) is 60.8 Å². The number of carbonyl (C=O) groups excluding carboxylic acids is 2. The summed E-state index contributed by atoms with van der Waals surface area (Å²) in [6.07, 6.45) is 33.7. The molecule has 0 spiro atoms. The normalized spacial score (nSPS) is 14.9. The highest BCUT2D eigenvalue weighted by Crippen LogP contribution is 2.15. The van der Waals surface area contributed by atoms with Crippen molar-refractivity contribution in [3.8, 4) is 0 Å². The molecule has 0 saturated carbocycles. The second-order valence-corrected chi connectivity index (χ2v) is 13.7. The van der Waals surface area contributed by atoms with Crippen molar-refractivity contribution < 1.29 is 39.5 Å². The second kappa shape index (κ2) is 34.9. The van der Waals surface area contributed by atoms with E-state index >= 15 is 0 Å². The van der Waals surface area contributed by atoms with E-state index in [0.717, 1.165) is 31.6 Å². The van der Waals surface area contributed by atoms with E-state index in [1.54, 1.807) is 42.5 Å². The van der Waals surface area contributed by atoms with Crippen molar-refractivity contribution >= 4 is 11.9 Å². The number of ether oxygens (including phenoxy) is 2. The standard InChI is InChI=1S/C42H72O8/c1-4-5-21-28-37(44)29-23-18-15-16-19-24-30-39(45)40(46)31-26-33-42(48)50-38(34-43)35-49-41(47)32-25-20-14-12-10-8-6-7-9-11-13-17-22-27-36(2)3/h5,15-16,18-19,21,23-24,29-30,36-40,43-46H,4,6-14,17,20,22,25-28,31-35H2,1-3H3/b18-15+,19-16-,21-5-,29-23+,30-24-/t37-,38-,39+,40+/m0/s1. The molecule has 0 heterocycles. The number of esters is 2. The van der Waals surface area contributed by atoms with Crippen LogP contribution in [-0.2, 0) is 19.1 Å². The third-order valence-electron chi connectivity index (χ3n) is 8.35. The molecule has 50 heavy (non-hydrogen) atoms. The second-order valence-electron chi connectivity index (χ2n) is 13.7. The average Bonchev–Trinajstić information content (AvgIpc) is 3.09. The van der Waals surface area contributed by atoms with E-state index in [9.17, 15) is 30.0 Å². The van der Waals surface area contributed by atoms with Crippen molar-refractivity contribution in [1.82, 2.24) is 0 Å². The van der Waals surface area contributed by atoms with Crippen LogP contribution < -0.4 is 0 Å². The lowest BCUT2D eigenvalue weighted by atomic mass is 10.0. The predicted octanol–water partition coefficient (Wildman–Crippen LogP) is 8.78. The van der Waals surface area contributed by atoms with Gasteiger partial charge in [0.1, 0.15) is 6.61 Å². The van der Waals surface area contributed by atoms with Gasteiger partial charge in [-0.15, -0.1) is 0 Å². The molecule has 8 nitrogen and oxygen atoms in total. The van der Waals surface area contributed by atoms with Crippen LogP contribution in [0.5, 0.6) is 0 Å². The van der Waals surface area contributed by atoms with Gasteiger partial charge in [-0.25, -0.2) is 0 Å². The lowest BCUT2D eigenvalue weighted by Crippen LogP contribution is -2.29. The maximum Gasteiger partial charge on any atom is 0.306 e. The maximum atomic E-state index is 12.2. The Morgan fingerprint density at radius 1 is 0.620 bits per heavy atom. The number of aliphatic hydroxyl groups excluding tert-OH is 4. The Hall–Kier alpha value is -2.52. The molecule has 0 bridgehead atoms. The number of allylic oxidation sites excluding steroid dienone is 7. The quantitative estimate of drug-likeness (QED) is 0.0231. The fraction of sp³-hybridized carbons (Fsp3) is 0.714. The van der Waals surface area contributed by atoms with E-state index in [4.69, 9.17) is 9.47 Å². The minimum Gasteiger partial charge on any atom is -0.462 e. The Bertz CT molecular complexity index is 951. The molecule has 0 aliphatic rings. The first-order valence-corrected chi connectivity index (χ1v) is 19.5. The van der Waals surface area contributed by atoms with Gasteiger partial charge in [-0.2, -0.15) is 0 Å². The smallest absolute Gasteiger partial charge is 0.306 e. The van der Waals surface area contributed by atoms with Crippen LogP contribution in [0.25, 0.3) is 0 Å². The molecule has 0 aliphatic heterocycles. The summed E-state index contributed by atoms with van der Waals surface area (Å²) in [6, 6.07) is 0. The van der Waals surface area contributed by atoms with E-state index in [1.807, 2.05) is 19.1 Å². The zero-order chi connectivity index (χ0) is 37.1. The van der Waals surface area contributed by atoms with Gasteiger partial charge in [0.25, 0.3) is 0 Å². The van der Waals surface area contributed by atoms with Crippen LogP contribution >= 0.6 is 0 Å². The topological polar surface area (TPSA) is 134 Å². The summed E-state index contributed by atoms with van der Waals surface area (Å²) in [5.74, 6) is -0.0985. The third kappa shape index (κ3) is 32.7. The lowest BCUT2D eigenvalue weighted by molar-refractivity contribution is -0.161. The number of rotatable bonds is 33. The lowest BCUT2D eigenvalue weighted by Gasteiger charge is -2.17. The van der Waals surface area contributed by atoms with Crippen molar-refractivity contribution in [3.63, 3.8) is 0 Å². The highest BCUT2D eigenvalue weighted by Gasteiger charge is 2.18. The number of hydrogen-bond acceptors (Lipinski definition) is 8. The molecular weight excluding hydrogens is 632 g/mol. The number of unbranched alkanes of at least 4 members (excludes halogenated alkanes) is 12. The Morgan fingerprint density at radius 3 is 1.70 bits per heavy atom. The minimum atomic E-state index is -1.09. The Balaban J connectivity index is 3.91. The average molecular weight is 705 g/mol. The zero-order valence-electron chi connectivity index (χ0n) is 31.6. The Kier molecular flexibility index (Phi) is 33.1.